The highest BCUT2D eigenvalue weighted by molar-refractivity contribution is 6.30. The van der Waals surface area contributed by atoms with Crippen molar-refractivity contribution in [2.45, 2.75) is 13.8 Å². The lowest BCUT2D eigenvalue weighted by atomic mass is 10.2. The van der Waals surface area contributed by atoms with Crippen molar-refractivity contribution in [2.24, 2.45) is 0 Å². The largest absolute Gasteiger partial charge is 0.475 e. The molecule has 1 heterocycles. The maximum atomic E-state index is 5.16. The summed E-state index contributed by atoms with van der Waals surface area (Å²) >= 11 is 0. The molecule has 44 valence electrons. The molecule has 0 aliphatic rings. The standard InChI is InChI=1S/C6H10OSi/c1-4-3-7-6(8)5(4)2/h3H,1-2,8H3. The maximum Gasteiger partial charge on any atom is 0.0931 e. The third kappa shape index (κ3) is 0.712. The van der Waals surface area contributed by atoms with Crippen LogP contribution in [0.4, 0.5) is 0 Å². The topological polar surface area (TPSA) is 13.1 Å². The van der Waals surface area contributed by atoms with Gasteiger partial charge in [0.05, 0.1) is 21.9 Å². The van der Waals surface area contributed by atoms with Gasteiger partial charge in [-0.05, 0) is 25.0 Å². The summed E-state index contributed by atoms with van der Waals surface area (Å²) < 4.78 is 5.16. The minimum Gasteiger partial charge on any atom is -0.475 e. The average Bonchev–Trinajstić information content (AvgIpc) is 1.98. The molecule has 1 nitrogen and oxygen atoms in total. The van der Waals surface area contributed by atoms with Gasteiger partial charge in [0.15, 0.2) is 0 Å². The Hall–Kier alpha value is -0.503. The SMILES string of the molecule is Cc1coc([SiH3])c1C. The van der Waals surface area contributed by atoms with Crippen LogP contribution in [0.2, 0.25) is 0 Å². The Labute approximate surface area is 52.1 Å². The van der Waals surface area contributed by atoms with Crippen LogP contribution in [0.1, 0.15) is 11.1 Å². The normalized spacial score (nSPS) is 10.2. The lowest BCUT2D eigenvalue weighted by Gasteiger charge is -1.84. The molecule has 0 N–H and O–H groups in total. The molecule has 0 aromatic carbocycles. The average molecular weight is 126 g/mol. The van der Waals surface area contributed by atoms with Crippen LogP contribution in [0, 0.1) is 13.8 Å². The molecule has 1 aromatic rings. The van der Waals surface area contributed by atoms with Gasteiger partial charge in [-0.25, -0.2) is 0 Å². The van der Waals surface area contributed by atoms with Crippen molar-refractivity contribution >= 4 is 15.6 Å². The Morgan fingerprint density at radius 1 is 1.50 bits per heavy atom. The van der Waals surface area contributed by atoms with Crippen LogP contribution in [-0.2, 0) is 0 Å². The first-order valence-corrected chi connectivity index (χ1v) is 3.73. The summed E-state index contributed by atoms with van der Waals surface area (Å²) in [5, 5.41) is 1.17. The Bertz CT molecular complexity index is 171. The first-order valence-electron chi connectivity index (χ1n) is 2.73. The van der Waals surface area contributed by atoms with Gasteiger partial charge in [0, 0.05) is 0 Å². The lowest BCUT2D eigenvalue weighted by Crippen LogP contribution is -2.00. The minimum absolute atomic E-state index is 1.03. The van der Waals surface area contributed by atoms with E-state index in [1.807, 2.05) is 6.26 Å². The van der Waals surface area contributed by atoms with Gasteiger partial charge in [-0.1, -0.05) is 0 Å². The number of aryl methyl sites for hydroxylation is 1. The molecule has 1 rings (SSSR count). The van der Waals surface area contributed by atoms with Crippen molar-refractivity contribution in [2.75, 3.05) is 0 Å². The van der Waals surface area contributed by atoms with Crippen molar-refractivity contribution in [3.8, 4) is 0 Å². The summed E-state index contributed by atoms with van der Waals surface area (Å²) in [4.78, 5) is 0. The Kier molecular flexibility index (Phi) is 1.25. The van der Waals surface area contributed by atoms with Gasteiger partial charge >= 0.3 is 0 Å². The van der Waals surface area contributed by atoms with E-state index in [1.165, 1.54) is 16.5 Å². The van der Waals surface area contributed by atoms with Gasteiger partial charge in [-0.2, -0.15) is 0 Å². The zero-order chi connectivity index (χ0) is 6.15. The van der Waals surface area contributed by atoms with E-state index in [9.17, 15) is 0 Å². The fourth-order valence-electron chi connectivity index (χ4n) is 0.631. The van der Waals surface area contributed by atoms with E-state index < -0.39 is 0 Å². The molecule has 0 amide bonds. The monoisotopic (exact) mass is 126 g/mol. The molecule has 0 atom stereocenters. The molecule has 0 saturated heterocycles. The van der Waals surface area contributed by atoms with Crippen molar-refractivity contribution in [1.82, 2.24) is 0 Å². The van der Waals surface area contributed by atoms with Crippen LogP contribution in [0.3, 0.4) is 0 Å². The second kappa shape index (κ2) is 1.78. The summed E-state index contributed by atoms with van der Waals surface area (Å²) in [5.41, 5.74) is 2.60. The molecule has 0 aliphatic carbocycles. The Morgan fingerprint density at radius 3 is 2.25 bits per heavy atom. The molecule has 0 saturated carbocycles. The van der Waals surface area contributed by atoms with Crippen LogP contribution >= 0.6 is 0 Å². The van der Waals surface area contributed by atoms with Gasteiger partial charge in [-0.3, -0.25) is 0 Å². The zero-order valence-electron chi connectivity index (χ0n) is 5.49. The maximum absolute atomic E-state index is 5.16. The van der Waals surface area contributed by atoms with Crippen LogP contribution in [-0.4, -0.2) is 10.2 Å². The quantitative estimate of drug-likeness (QED) is 0.442. The molecule has 0 aliphatic heterocycles. The predicted molar refractivity (Wildman–Crippen MR) is 37.8 cm³/mol. The first kappa shape index (κ1) is 5.63. The van der Waals surface area contributed by atoms with Gasteiger partial charge in [0.25, 0.3) is 0 Å². The smallest absolute Gasteiger partial charge is 0.0931 e. The molecular weight excluding hydrogens is 116 g/mol. The number of furan rings is 1. The van der Waals surface area contributed by atoms with Crippen LogP contribution in [0.15, 0.2) is 10.7 Å². The lowest BCUT2D eigenvalue weighted by molar-refractivity contribution is 0.599. The molecule has 0 spiro atoms. The molecule has 0 unspecified atom stereocenters. The third-order valence-corrected chi connectivity index (χ3v) is 2.52. The van der Waals surface area contributed by atoms with Crippen LogP contribution < -0.4 is 5.38 Å². The van der Waals surface area contributed by atoms with Crippen LogP contribution in [0.25, 0.3) is 0 Å². The summed E-state index contributed by atoms with van der Waals surface area (Å²) in [5.74, 6) is 0. The van der Waals surface area contributed by atoms with Gasteiger partial charge < -0.3 is 4.42 Å². The molecule has 1 aromatic heterocycles. The van der Waals surface area contributed by atoms with E-state index in [0.717, 1.165) is 10.2 Å². The van der Waals surface area contributed by atoms with E-state index in [-0.39, 0.29) is 0 Å². The molecule has 0 fully saturated rings. The third-order valence-electron chi connectivity index (χ3n) is 1.53. The highest BCUT2D eigenvalue weighted by Gasteiger charge is 1.97. The fourth-order valence-corrected chi connectivity index (χ4v) is 1.14. The molecule has 2 heteroatoms. The molecular formula is C6H10OSi. The highest BCUT2D eigenvalue weighted by atomic mass is 28.1. The van der Waals surface area contributed by atoms with Gasteiger partial charge in [-0.15, -0.1) is 0 Å². The number of hydrogen-bond acceptors (Lipinski definition) is 1. The van der Waals surface area contributed by atoms with Crippen LogP contribution in [0.5, 0.6) is 0 Å². The fraction of sp³-hybridized carbons (Fsp3) is 0.333. The van der Waals surface area contributed by atoms with E-state index >= 15 is 0 Å². The highest BCUT2D eigenvalue weighted by Crippen LogP contribution is 2.01. The van der Waals surface area contributed by atoms with Crippen molar-refractivity contribution in [3.63, 3.8) is 0 Å². The van der Waals surface area contributed by atoms with Crippen molar-refractivity contribution in [1.29, 1.82) is 0 Å². The summed E-state index contributed by atoms with van der Waals surface area (Å²) in [6, 6.07) is 0. The van der Waals surface area contributed by atoms with E-state index in [0.29, 0.717) is 0 Å². The second-order valence-electron chi connectivity index (χ2n) is 2.10. The first-order chi connectivity index (χ1) is 3.72. The van der Waals surface area contributed by atoms with E-state index in [4.69, 9.17) is 4.42 Å². The van der Waals surface area contributed by atoms with E-state index in [2.05, 4.69) is 13.8 Å². The predicted octanol–water partition coefficient (Wildman–Crippen LogP) is -0.113. The van der Waals surface area contributed by atoms with Crippen molar-refractivity contribution < 1.29 is 4.42 Å². The van der Waals surface area contributed by atoms with Gasteiger partial charge in [0.2, 0.25) is 0 Å². The molecule has 0 radical (unpaired) electrons. The Morgan fingerprint density at radius 2 is 2.12 bits per heavy atom. The summed E-state index contributed by atoms with van der Waals surface area (Å²) in [7, 11) is 1.03. The van der Waals surface area contributed by atoms with Gasteiger partial charge in [0.1, 0.15) is 0 Å². The Balaban J connectivity index is 3.19. The number of rotatable bonds is 0. The molecule has 0 bridgehead atoms. The summed E-state index contributed by atoms with van der Waals surface area (Å²) in [6.07, 6.45) is 1.82. The summed E-state index contributed by atoms with van der Waals surface area (Å²) in [6.45, 7) is 4.17. The van der Waals surface area contributed by atoms with E-state index in [1.54, 1.807) is 0 Å². The second-order valence-corrected chi connectivity index (χ2v) is 3.01. The number of hydrogen-bond donors (Lipinski definition) is 0. The minimum atomic E-state index is 1.03. The zero-order valence-corrected chi connectivity index (χ0v) is 7.49. The van der Waals surface area contributed by atoms with Crippen molar-refractivity contribution in [3.05, 3.63) is 17.4 Å². The molecule has 8 heavy (non-hydrogen) atoms.